The molecule has 2 aliphatic rings. The highest BCUT2D eigenvalue weighted by atomic mass is 16.5. The SMILES string of the molecule is COc1cc(NC(=O)[C@@H]2C[C@H]2C)ccc1N1CCCC1=O. The number of amides is 2. The van der Waals surface area contributed by atoms with Crippen LogP contribution in [0.15, 0.2) is 18.2 Å². The predicted molar refractivity (Wildman–Crippen MR) is 80.5 cm³/mol. The quantitative estimate of drug-likeness (QED) is 0.925. The summed E-state index contributed by atoms with van der Waals surface area (Å²) in [5.74, 6) is 1.42. The van der Waals surface area contributed by atoms with Gasteiger partial charge in [-0.3, -0.25) is 9.59 Å². The van der Waals surface area contributed by atoms with Gasteiger partial charge in [0.1, 0.15) is 5.75 Å². The van der Waals surface area contributed by atoms with Crippen LogP contribution in [-0.4, -0.2) is 25.5 Å². The maximum absolute atomic E-state index is 12.0. The number of carbonyl (C=O) groups excluding carboxylic acids is 2. The van der Waals surface area contributed by atoms with E-state index in [1.54, 1.807) is 18.1 Å². The Labute approximate surface area is 124 Å². The summed E-state index contributed by atoms with van der Waals surface area (Å²) in [6, 6.07) is 5.45. The van der Waals surface area contributed by atoms with Crippen LogP contribution in [0.2, 0.25) is 0 Å². The molecule has 0 aromatic heterocycles. The smallest absolute Gasteiger partial charge is 0.227 e. The van der Waals surface area contributed by atoms with Crippen molar-refractivity contribution < 1.29 is 14.3 Å². The number of anilines is 2. The minimum atomic E-state index is 0.0644. The third kappa shape index (κ3) is 2.73. The van der Waals surface area contributed by atoms with E-state index in [9.17, 15) is 9.59 Å². The van der Waals surface area contributed by atoms with E-state index in [2.05, 4.69) is 12.2 Å². The van der Waals surface area contributed by atoms with E-state index in [0.29, 0.717) is 23.8 Å². The average Bonchev–Trinajstić information content (AvgIpc) is 3.06. The van der Waals surface area contributed by atoms with Gasteiger partial charge in [-0.1, -0.05) is 6.92 Å². The normalized spacial score (nSPS) is 24.1. The Bertz CT molecular complexity index is 585. The highest BCUT2D eigenvalue weighted by Crippen LogP contribution is 2.39. The van der Waals surface area contributed by atoms with Crippen molar-refractivity contribution in [2.45, 2.75) is 26.2 Å². The zero-order valence-corrected chi connectivity index (χ0v) is 12.4. The first-order chi connectivity index (χ1) is 10.1. The summed E-state index contributed by atoms with van der Waals surface area (Å²) in [7, 11) is 1.58. The Kier molecular flexibility index (Phi) is 3.57. The number of methoxy groups -OCH3 is 1. The van der Waals surface area contributed by atoms with Crippen molar-refractivity contribution in [3.63, 3.8) is 0 Å². The Morgan fingerprint density at radius 3 is 2.76 bits per heavy atom. The average molecular weight is 288 g/mol. The number of nitrogens with one attached hydrogen (secondary N) is 1. The fourth-order valence-corrected chi connectivity index (χ4v) is 2.80. The van der Waals surface area contributed by atoms with Gasteiger partial charge in [-0.2, -0.15) is 0 Å². The third-order valence-electron chi connectivity index (χ3n) is 4.26. The fraction of sp³-hybridized carbons (Fsp3) is 0.500. The molecular weight excluding hydrogens is 268 g/mol. The van der Waals surface area contributed by atoms with Crippen LogP contribution in [0.25, 0.3) is 0 Å². The highest BCUT2D eigenvalue weighted by Gasteiger charge is 2.39. The number of hydrogen-bond acceptors (Lipinski definition) is 3. The van der Waals surface area contributed by atoms with Crippen molar-refractivity contribution in [3.8, 4) is 5.75 Å². The zero-order valence-electron chi connectivity index (χ0n) is 12.4. The van der Waals surface area contributed by atoms with E-state index < -0.39 is 0 Å². The van der Waals surface area contributed by atoms with E-state index in [1.807, 2.05) is 12.1 Å². The zero-order chi connectivity index (χ0) is 15.0. The Hall–Kier alpha value is -2.04. The van der Waals surface area contributed by atoms with Crippen LogP contribution in [-0.2, 0) is 9.59 Å². The summed E-state index contributed by atoms with van der Waals surface area (Å²) in [5, 5.41) is 2.92. The van der Waals surface area contributed by atoms with Gasteiger partial charge in [-0.25, -0.2) is 0 Å². The number of hydrogen-bond donors (Lipinski definition) is 1. The monoisotopic (exact) mass is 288 g/mol. The molecule has 0 spiro atoms. The van der Waals surface area contributed by atoms with Gasteiger partial charge in [0.15, 0.2) is 0 Å². The lowest BCUT2D eigenvalue weighted by atomic mass is 10.2. The van der Waals surface area contributed by atoms with E-state index in [1.165, 1.54) is 0 Å². The Morgan fingerprint density at radius 1 is 1.43 bits per heavy atom. The molecule has 112 valence electrons. The molecule has 5 heteroatoms. The first kappa shape index (κ1) is 13.9. The van der Waals surface area contributed by atoms with E-state index in [0.717, 1.165) is 25.1 Å². The second kappa shape index (κ2) is 5.39. The number of nitrogens with zero attached hydrogens (tertiary/aromatic N) is 1. The molecule has 5 nitrogen and oxygen atoms in total. The third-order valence-corrected chi connectivity index (χ3v) is 4.26. The molecule has 1 aliphatic heterocycles. The van der Waals surface area contributed by atoms with Gasteiger partial charge in [0.2, 0.25) is 11.8 Å². The molecule has 1 aliphatic carbocycles. The molecule has 1 N–H and O–H groups in total. The second-order valence-electron chi connectivity index (χ2n) is 5.84. The van der Waals surface area contributed by atoms with Gasteiger partial charge in [-0.05, 0) is 30.9 Å². The molecule has 1 saturated carbocycles. The van der Waals surface area contributed by atoms with Crippen LogP contribution in [0.1, 0.15) is 26.2 Å². The van der Waals surface area contributed by atoms with Crippen LogP contribution >= 0.6 is 0 Å². The lowest BCUT2D eigenvalue weighted by molar-refractivity contribution is -0.118. The standard InChI is InChI=1S/C16H20N2O3/c1-10-8-12(10)16(20)17-11-5-6-13(14(9-11)21-2)18-7-3-4-15(18)19/h5-6,9-10,12H,3-4,7-8H2,1-2H3,(H,17,20)/t10-,12-/m1/s1. The number of carbonyl (C=O) groups is 2. The van der Waals surface area contributed by atoms with Gasteiger partial charge in [-0.15, -0.1) is 0 Å². The first-order valence-electron chi connectivity index (χ1n) is 7.39. The van der Waals surface area contributed by atoms with Gasteiger partial charge in [0.05, 0.1) is 12.8 Å². The van der Waals surface area contributed by atoms with Crippen molar-refractivity contribution in [2.24, 2.45) is 11.8 Å². The van der Waals surface area contributed by atoms with Gasteiger partial charge in [0, 0.05) is 30.6 Å². The maximum atomic E-state index is 12.0. The fourth-order valence-electron chi connectivity index (χ4n) is 2.80. The molecule has 1 aromatic carbocycles. The molecule has 0 unspecified atom stereocenters. The molecule has 1 aromatic rings. The second-order valence-corrected chi connectivity index (χ2v) is 5.84. The molecule has 2 amide bonds. The number of rotatable bonds is 4. The predicted octanol–water partition coefficient (Wildman–Crippen LogP) is 2.42. The van der Waals surface area contributed by atoms with Crippen LogP contribution in [0, 0.1) is 11.8 Å². The molecule has 3 rings (SSSR count). The van der Waals surface area contributed by atoms with Crippen LogP contribution in [0.4, 0.5) is 11.4 Å². The molecule has 1 saturated heterocycles. The van der Waals surface area contributed by atoms with Crippen molar-refractivity contribution >= 4 is 23.2 Å². The van der Waals surface area contributed by atoms with E-state index in [-0.39, 0.29) is 17.7 Å². The molecule has 2 fully saturated rings. The molecule has 0 radical (unpaired) electrons. The summed E-state index contributed by atoms with van der Waals surface area (Å²) >= 11 is 0. The van der Waals surface area contributed by atoms with Crippen LogP contribution in [0.5, 0.6) is 5.75 Å². The minimum absolute atomic E-state index is 0.0644. The van der Waals surface area contributed by atoms with Crippen molar-refractivity contribution in [3.05, 3.63) is 18.2 Å². The lowest BCUT2D eigenvalue weighted by Gasteiger charge is -2.19. The minimum Gasteiger partial charge on any atom is -0.494 e. The number of ether oxygens (including phenoxy) is 1. The van der Waals surface area contributed by atoms with E-state index >= 15 is 0 Å². The molecule has 2 atom stereocenters. The van der Waals surface area contributed by atoms with Gasteiger partial charge >= 0.3 is 0 Å². The van der Waals surface area contributed by atoms with Crippen molar-refractivity contribution in [1.82, 2.24) is 0 Å². The summed E-state index contributed by atoms with van der Waals surface area (Å²) in [5.41, 5.74) is 1.49. The van der Waals surface area contributed by atoms with Crippen LogP contribution < -0.4 is 15.0 Å². The topological polar surface area (TPSA) is 58.6 Å². The van der Waals surface area contributed by atoms with Gasteiger partial charge in [0.25, 0.3) is 0 Å². The first-order valence-corrected chi connectivity index (χ1v) is 7.39. The van der Waals surface area contributed by atoms with E-state index in [4.69, 9.17) is 4.74 Å². The Morgan fingerprint density at radius 2 is 2.19 bits per heavy atom. The van der Waals surface area contributed by atoms with Crippen molar-refractivity contribution in [2.75, 3.05) is 23.9 Å². The highest BCUT2D eigenvalue weighted by molar-refractivity contribution is 5.98. The summed E-state index contributed by atoms with van der Waals surface area (Å²) in [4.78, 5) is 25.5. The summed E-state index contributed by atoms with van der Waals surface area (Å²) < 4.78 is 5.38. The molecule has 21 heavy (non-hydrogen) atoms. The van der Waals surface area contributed by atoms with Crippen molar-refractivity contribution in [1.29, 1.82) is 0 Å². The molecule has 1 heterocycles. The maximum Gasteiger partial charge on any atom is 0.227 e. The molecular formula is C16H20N2O3. The van der Waals surface area contributed by atoms with Gasteiger partial charge < -0.3 is 15.0 Å². The largest absolute Gasteiger partial charge is 0.494 e. The Balaban J connectivity index is 1.78. The number of benzene rings is 1. The molecule has 0 bridgehead atoms. The van der Waals surface area contributed by atoms with Crippen LogP contribution in [0.3, 0.4) is 0 Å². The summed E-state index contributed by atoms with van der Waals surface area (Å²) in [6.45, 7) is 2.80. The lowest BCUT2D eigenvalue weighted by Crippen LogP contribution is -2.24. The summed E-state index contributed by atoms with van der Waals surface area (Å²) in [6.07, 6.45) is 2.42.